The second kappa shape index (κ2) is 8.99. The molecule has 0 aliphatic carbocycles. The molecule has 4 rings (SSSR count). The number of halogens is 1. The molecule has 1 N–H and O–H groups in total. The van der Waals surface area contributed by atoms with Crippen molar-refractivity contribution in [3.63, 3.8) is 0 Å². The molecule has 0 unspecified atom stereocenters. The molecule has 0 atom stereocenters. The van der Waals surface area contributed by atoms with Crippen LogP contribution in [0, 0.1) is 13.8 Å². The average Bonchev–Trinajstić information content (AvgIpc) is 3.33. The summed E-state index contributed by atoms with van der Waals surface area (Å²) in [6, 6.07) is 17.0. The van der Waals surface area contributed by atoms with Gasteiger partial charge in [0.2, 0.25) is 5.13 Å². The number of aryl methyl sites for hydroxylation is 2. The molecular formula is C21H18ClN5OS2. The SMILES string of the molecule is Cc1cc(C)n(-c2ccc(C(=O)Nc3nnc(SCc4ccc(Cl)cc4)s3)cc2)n1. The van der Waals surface area contributed by atoms with Crippen molar-refractivity contribution < 1.29 is 4.79 Å². The van der Waals surface area contributed by atoms with Crippen LogP contribution in [0.5, 0.6) is 0 Å². The van der Waals surface area contributed by atoms with Gasteiger partial charge < -0.3 is 0 Å². The van der Waals surface area contributed by atoms with Gasteiger partial charge in [-0.1, -0.05) is 46.8 Å². The Labute approximate surface area is 187 Å². The Morgan fingerprint density at radius 2 is 1.83 bits per heavy atom. The molecule has 2 aromatic heterocycles. The molecule has 9 heteroatoms. The van der Waals surface area contributed by atoms with E-state index in [1.165, 1.54) is 11.3 Å². The van der Waals surface area contributed by atoms with Crippen LogP contribution in [0.3, 0.4) is 0 Å². The average molecular weight is 456 g/mol. The largest absolute Gasteiger partial charge is 0.296 e. The van der Waals surface area contributed by atoms with Gasteiger partial charge in [0.15, 0.2) is 4.34 Å². The van der Waals surface area contributed by atoms with Crippen LogP contribution in [0.1, 0.15) is 27.3 Å². The van der Waals surface area contributed by atoms with Gasteiger partial charge in [0.05, 0.1) is 11.4 Å². The summed E-state index contributed by atoms with van der Waals surface area (Å²) in [7, 11) is 0. The van der Waals surface area contributed by atoms with Crippen molar-refractivity contribution in [1.29, 1.82) is 0 Å². The minimum absolute atomic E-state index is 0.222. The van der Waals surface area contributed by atoms with Gasteiger partial charge in [-0.25, -0.2) is 4.68 Å². The zero-order valence-electron chi connectivity index (χ0n) is 16.3. The summed E-state index contributed by atoms with van der Waals surface area (Å²) in [5.41, 5.74) is 4.60. The zero-order chi connectivity index (χ0) is 21.1. The van der Waals surface area contributed by atoms with Crippen molar-refractivity contribution in [1.82, 2.24) is 20.0 Å². The van der Waals surface area contributed by atoms with Gasteiger partial charge >= 0.3 is 0 Å². The fraction of sp³-hybridized carbons (Fsp3) is 0.143. The van der Waals surface area contributed by atoms with Crippen LogP contribution < -0.4 is 5.32 Å². The Morgan fingerprint density at radius 3 is 2.50 bits per heavy atom. The molecule has 0 radical (unpaired) electrons. The van der Waals surface area contributed by atoms with Gasteiger partial charge in [-0.3, -0.25) is 10.1 Å². The smallest absolute Gasteiger partial charge is 0.257 e. The Kier molecular flexibility index (Phi) is 6.17. The summed E-state index contributed by atoms with van der Waals surface area (Å²) in [6.07, 6.45) is 0. The molecule has 0 spiro atoms. The monoisotopic (exact) mass is 455 g/mol. The van der Waals surface area contributed by atoms with Crippen LogP contribution in [-0.4, -0.2) is 25.9 Å². The van der Waals surface area contributed by atoms with Crippen LogP contribution in [0.15, 0.2) is 58.9 Å². The first-order valence-corrected chi connectivity index (χ1v) is 11.3. The summed E-state index contributed by atoms with van der Waals surface area (Å²) >= 11 is 8.83. The third-order valence-corrected chi connectivity index (χ3v) is 6.58. The van der Waals surface area contributed by atoms with Gasteiger partial charge in [-0.15, -0.1) is 10.2 Å². The lowest BCUT2D eigenvalue weighted by atomic mass is 10.2. The fourth-order valence-electron chi connectivity index (χ4n) is 2.86. The molecule has 30 heavy (non-hydrogen) atoms. The number of hydrogen-bond donors (Lipinski definition) is 1. The number of hydrogen-bond acceptors (Lipinski definition) is 6. The van der Waals surface area contributed by atoms with Crippen LogP contribution in [0.25, 0.3) is 5.69 Å². The molecule has 0 aliphatic rings. The van der Waals surface area contributed by atoms with E-state index in [4.69, 9.17) is 11.6 Å². The lowest BCUT2D eigenvalue weighted by molar-refractivity contribution is 0.102. The molecule has 152 valence electrons. The van der Waals surface area contributed by atoms with E-state index in [1.54, 1.807) is 23.9 Å². The first-order chi connectivity index (χ1) is 14.5. The van der Waals surface area contributed by atoms with E-state index in [9.17, 15) is 4.79 Å². The molecule has 0 saturated carbocycles. The maximum absolute atomic E-state index is 12.5. The number of amides is 1. The number of benzene rings is 2. The Hall–Kier alpha value is -2.68. The molecule has 4 aromatic rings. The molecule has 0 aliphatic heterocycles. The predicted octanol–water partition coefficient (Wildman–Crippen LogP) is 5.54. The van der Waals surface area contributed by atoms with Crippen molar-refractivity contribution in [3.8, 4) is 5.69 Å². The van der Waals surface area contributed by atoms with Crippen LogP contribution in [-0.2, 0) is 5.75 Å². The van der Waals surface area contributed by atoms with Crippen LogP contribution in [0.4, 0.5) is 5.13 Å². The number of nitrogens with zero attached hydrogens (tertiary/aromatic N) is 4. The standard InChI is InChI=1S/C21H18ClN5OS2/c1-13-11-14(2)27(26-13)18-9-5-16(6-10-18)19(28)23-20-24-25-21(30-20)29-12-15-3-7-17(22)8-4-15/h3-11H,12H2,1-2H3,(H,23,24,28). The molecule has 0 fully saturated rings. The van der Waals surface area contributed by atoms with E-state index in [0.717, 1.165) is 32.7 Å². The van der Waals surface area contributed by atoms with Crippen molar-refractivity contribution in [3.05, 3.63) is 82.1 Å². The first kappa shape index (κ1) is 20.6. The molecule has 2 aromatic carbocycles. The van der Waals surface area contributed by atoms with E-state index in [0.29, 0.717) is 15.7 Å². The third-order valence-electron chi connectivity index (χ3n) is 4.29. The number of carbonyl (C=O) groups is 1. The fourth-order valence-corrected chi connectivity index (χ4v) is 4.69. The highest BCUT2D eigenvalue weighted by Crippen LogP contribution is 2.29. The topological polar surface area (TPSA) is 72.7 Å². The minimum Gasteiger partial charge on any atom is -0.296 e. The van der Waals surface area contributed by atoms with Crippen molar-refractivity contribution >= 4 is 45.7 Å². The molecular weight excluding hydrogens is 438 g/mol. The maximum Gasteiger partial charge on any atom is 0.257 e. The quantitative estimate of drug-likeness (QED) is 0.305. The highest BCUT2D eigenvalue weighted by atomic mass is 35.5. The van der Waals surface area contributed by atoms with Crippen molar-refractivity contribution in [2.75, 3.05) is 5.32 Å². The van der Waals surface area contributed by atoms with Gasteiger partial charge in [0.1, 0.15) is 0 Å². The van der Waals surface area contributed by atoms with Gasteiger partial charge in [-0.05, 0) is 61.9 Å². The normalized spacial score (nSPS) is 10.9. The molecule has 2 heterocycles. The minimum atomic E-state index is -0.222. The Balaban J connectivity index is 1.37. The van der Waals surface area contributed by atoms with E-state index in [1.807, 2.05) is 61.0 Å². The van der Waals surface area contributed by atoms with Gasteiger partial charge in [-0.2, -0.15) is 5.10 Å². The van der Waals surface area contributed by atoms with Crippen LogP contribution >= 0.6 is 34.7 Å². The Morgan fingerprint density at radius 1 is 1.10 bits per heavy atom. The highest BCUT2D eigenvalue weighted by molar-refractivity contribution is 8.00. The summed E-state index contributed by atoms with van der Waals surface area (Å²) in [5.74, 6) is 0.536. The summed E-state index contributed by atoms with van der Waals surface area (Å²) in [6.45, 7) is 3.95. The van der Waals surface area contributed by atoms with E-state index < -0.39 is 0 Å². The van der Waals surface area contributed by atoms with E-state index in [-0.39, 0.29) is 5.91 Å². The van der Waals surface area contributed by atoms with Gasteiger partial charge in [0, 0.05) is 22.0 Å². The van der Waals surface area contributed by atoms with Crippen LogP contribution in [0.2, 0.25) is 5.02 Å². The second-order valence-electron chi connectivity index (χ2n) is 6.63. The first-order valence-electron chi connectivity index (χ1n) is 9.14. The van der Waals surface area contributed by atoms with Crippen molar-refractivity contribution in [2.24, 2.45) is 0 Å². The van der Waals surface area contributed by atoms with Gasteiger partial charge in [0.25, 0.3) is 5.91 Å². The number of thioether (sulfide) groups is 1. The van der Waals surface area contributed by atoms with E-state index in [2.05, 4.69) is 20.6 Å². The summed E-state index contributed by atoms with van der Waals surface area (Å²) in [5, 5.41) is 16.7. The summed E-state index contributed by atoms with van der Waals surface area (Å²) in [4.78, 5) is 12.5. The molecule has 1 amide bonds. The maximum atomic E-state index is 12.5. The van der Waals surface area contributed by atoms with E-state index >= 15 is 0 Å². The second-order valence-corrected chi connectivity index (χ2v) is 9.26. The summed E-state index contributed by atoms with van der Waals surface area (Å²) < 4.78 is 2.64. The number of rotatable bonds is 6. The van der Waals surface area contributed by atoms with Crippen molar-refractivity contribution in [2.45, 2.75) is 23.9 Å². The number of carbonyl (C=O) groups excluding carboxylic acids is 1. The predicted molar refractivity (Wildman–Crippen MR) is 122 cm³/mol. The molecule has 0 bridgehead atoms. The lowest BCUT2D eigenvalue weighted by Gasteiger charge is -2.06. The zero-order valence-corrected chi connectivity index (χ0v) is 18.7. The number of anilines is 1. The Bertz CT molecular complexity index is 1170. The third kappa shape index (κ3) is 4.89. The molecule has 6 nitrogen and oxygen atoms in total. The number of nitrogens with one attached hydrogen (secondary N) is 1. The lowest BCUT2D eigenvalue weighted by Crippen LogP contribution is -2.12. The highest BCUT2D eigenvalue weighted by Gasteiger charge is 2.12. The number of aromatic nitrogens is 4. The molecule has 0 saturated heterocycles.